The molecule has 4 heteroatoms. The van der Waals surface area contributed by atoms with E-state index >= 15 is 0 Å². The zero-order valence-electron chi connectivity index (χ0n) is 6.45. The van der Waals surface area contributed by atoms with Gasteiger partial charge in [-0.15, -0.1) is 0 Å². The van der Waals surface area contributed by atoms with Crippen LogP contribution in [0, 0.1) is 5.82 Å². The first-order chi connectivity index (χ1) is 5.54. The molecule has 0 aromatic heterocycles. The number of aromatic hydroxyl groups is 2. The molecule has 1 aromatic rings. The Balaban J connectivity index is 3.27. The molecule has 0 radical (unpaired) electrons. The number of phenolic OH excluding ortho intramolecular Hbond substituents is 2. The number of aliphatic hydroxyl groups excluding tert-OH is 1. The lowest BCUT2D eigenvalue weighted by molar-refractivity contribution is 0.193. The van der Waals surface area contributed by atoms with E-state index in [9.17, 15) is 4.39 Å². The summed E-state index contributed by atoms with van der Waals surface area (Å²) < 4.78 is 12.5. The Morgan fingerprint density at radius 3 is 2.33 bits per heavy atom. The SMILES string of the molecule is CC(O)c1ccc(F)c(O)c1O. The van der Waals surface area contributed by atoms with Crippen molar-refractivity contribution in [3.63, 3.8) is 0 Å². The molecule has 12 heavy (non-hydrogen) atoms. The van der Waals surface area contributed by atoms with Crippen LogP contribution in [0.3, 0.4) is 0 Å². The van der Waals surface area contributed by atoms with Gasteiger partial charge in [0.05, 0.1) is 6.10 Å². The van der Waals surface area contributed by atoms with Gasteiger partial charge in [0.2, 0.25) is 0 Å². The summed E-state index contributed by atoms with van der Waals surface area (Å²) in [5.74, 6) is -2.34. The highest BCUT2D eigenvalue weighted by Gasteiger charge is 2.14. The number of hydrogen-bond donors (Lipinski definition) is 3. The van der Waals surface area contributed by atoms with Crippen LogP contribution in [0.2, 0.25) is 0 Å². The molecule has 3 N–H and O–H groups in total. The van der Waals surface area contributed by atoms with Gasteiger partial charge in [0.15, 0.2) is 17.3 Å². The van der Waals surface area contributed by atoms with E-state index in [4.69, 9.17) is 15.3 Å². The van der Waals surface area contributed by atoms with Gasteiger partial charge in [0.25, 0.3) is 0 Å². The Hall–Kier alpha value is -1.29. The fourth-order valence-corrected chi connectivity index (χ4v) is 0.908. The molecule has 66 valence electrons. The van der Waals surface area contributed by atoms with Crippen molar-refractivity contribution in [2.75, 3.05) is 0 Å². The van der Waals surface area contributed by atoms with E-state index in [1.807, 2.05) is 0 Å². The molecule has 0 amide bonds. The number of rotatable bonds is 1. The average molecular weight is 172 g/mol. The zero-order valence-corrected chi connectivity index (χ0v) is 6.45. The molecule has 0 aliphatic heterocycles. The summed E-state index contributed by atoms with van der Waals surface area (Å²) >= 11 is 0. The summed E-state index contributed by atoms with van der Waals surface area (Å²) in [5, 5.41) is 27.0. The summed E-state index contributed by atoms with van der Waals surface area (Å²) in [4.78, 5) is 0. The minimum atomic E-state index is -0.934. The summed E-state index contributed by atoms with van der Waals surface area (Å²) in [6.07, 6.45) is -0.934. The van der Waals surface area contributed by atoms with Crippen LogP contribution >= 0.6 is 0 Å². The molecule has 0 heterocycles. The van der Waals surface area contributed by atoms with Crippen molar-refractivity contribution in [1.82, 2.24) is 0 Å². The Labute approximate surface area is 68.7 Å². The molecular weight excluding hydrogens is 163 g/mol. The fraction of sp³-hybridized carbons (Fsp3) is 0.250. The lowest BCUT2D eigenvalue weighted by Crippen LogP contribution is -1.92. The molecule has 0 aliphatic carbocycles. The maximum absolute atomic E-state index is 12.5. The normalized spacial score (nSPS) is 12.9. The quantitative estimate of drug-likeness (QED) is 0.559. The number of phenols is 2. The van der Waals surface area contributed by atoms with E-state index in [-0.39, 0.29) is 5.56 Å². The second-order valence-corrected chi connectivity index (χ2v) is 2.51. The fourth-order valence-electron chi connectivity index (χ4n) is 0.908. The Kier molecular flexibility index (Phi) is 2.19. The summed E-state index contributed by atoms with van der Waals surface area (Å²) in [5.41, 5.74) is 0.105. The predicted octanol–water partition coefficient (Wildman–Crippen LogP) is 1.29. The van der Waals surface area contributed by atoms with Gasteiger partial charge < -0.3 is 15.3 Å². The van der Waals surface area contributed by atoms with Crippen molar-refractivity contribution in [2.24, 2.45) is 0 Å². The Morgan fingerprint density at radius 2 is 1.83 bits per heavy atom. The van der Waals surface area contributed by atoms with Crippen LogP contribution in [0.15, 0.2) is 12.1 Å². The monoisotopic (exact) mass is 172 g/mol. The van der Waals surface area contributed by atoms with Crippen molar-refractivity contribution in [3.05, 3.63) is 23.5 Å². The van der Waals surface area contributed by atoms with E-state index in [0.717, 1.165) is 6.07 Å². The van der Waals surface area contributed by atoms with E-state index in [1.165, 1.54) is 13.0 Å². The molecule has 0 saturated heterocycles. The van der Waals surface area contributed by atoms with Crippen LogP contribution in [-0.4, -0.2) is 15.3 Å². The van der Waals surface area contributed by atoms with Crippen molar-refractivity contribution in [1.29, 1.82) is 0 Å². The summed E-state index contributed by atoms with van der Waals surface area (Å²) in [6, 6.07) is 2.20. The Morgan fingerprint density at radius 1 is 1.25 bits per heavy atom. The maximum Gasteiger partial charge on any atom is 0.194 e. The van der Waals surface area contributed by atoms with Gasteiger partial charge in [0, 0.05) is 5.56 Å². The smallest absolute Gasteiger partial charge is 0.194 e. The molecule has 1 rings (SSSR count). The van der Waals surface area contributed by atoms with E-state index in [1.54, 1.807) is 0 Å². The molecule has 0 bridgehead atoms. The van der Waals surface area contributed by atoms with Crippen LogP contribution in [0.25, 0.3) is 0 Å². The molecule has 0 fully saturated rings. The first-order valence-electron chi connectivity index (χ1n) is 3.42. The topological polar surface area (TPSA) is 60.7 Å². The third kappa shape index (κ3) is 1.33. The van der Waals surface area contributed by atoms with Crippen molar-refractivity contribution in [2.45, 2.75) is 13.0 Å². The highest BCUT2D eigenvalue weighted by Crippen LogP contribution is 2.34. The van der Waals surface area contributed by atoms with Crippen molar-refractivity contribution >= 4 is 0 Å². The zero-order chi connectivity index (χ0) is 9.30. The van der Waals surface area contributed by atoms with Gasteiger partial charge in [0.1, 0.15) is 0 Å². The van der Waals surface area contributed by atoms with Crippen LogP contribution in [0.4, 0.5) is 4.39 Å². The van der Waals surface area contributed by atoms with Crippen LogP contribution < -0.4 is 0 Å². The molecular formula is C8H9FO3. The van der Waals surface area contributed by atoms with Crippen LogP contribution in [0.1, 0.15) is 18.6 Å². The first kappa shape index (κ1) is 8.80. The number of halogens is 1. The second kappa shape index (κ2) is 2.98. The van der Waals surface area contributed by atoms with E-state index in [2.05, 4.69) is 0 Å². The summed E-state index contributed by atoms with van der Waals surface area (Å²) in [7, 11) is 0. The highest BCUT2D eigenvalue weighted by atomic mass is 19.1. The molecule has 3 nitrogen and oxygen atoms in total. The predicted molar refractivity (Wildman–Crippen MR) is 40.4 cm³/mol. The van der Waals surface area contributed by atoms with Crippen molar-refractivity contribution in [3.8, 4) is 11.5 Å². The average Bonchev–Trinajstić information content (AvgIpc) is 2.00. The molecule has 1 unspecified atom stereocenters. The number of benzene rings is 1. The molecule has 0 saturated carbocycles. The van der Waals surface area contributed by atoms with E-state index < -0.39 is 23.4 Å². The van der Waals surface area contributed by atoms with Gasteiger partial charge in [-0.3, -0.25) is 0 Å². The highest BCUT2D eigenvalue weighted by molar-refractivity contribution is 5.46. The van der Waals surface area contributed by atoms with Crippen LogP contribution in [0.5, 0.6) is 11.5 Å². The first-order valence-corrected chi connectivity index (χ1v) is 3.42. The standard InChI is InChI=1S/C8H9FO3/c1-4(10)5-2-3-6(9)8(12)7(5)11/h2-4,10-12H,1H3. The van der Waals surface area contributed by atoms with Gasteiger partial charge in [-0.1, -0.05) is 0 Å². The lowest BCUT2D eigenvalue weighted by atomic mass is 10.1. The third-order valence-electron chi connectivity index (χ3n) is 1.58. The largest absolute Gasteiger partial charge is 0.504 e. The van der Waals surface area contributed by atoms with Crippen molar-refractivity contribution < 1.29 is 19.7 Å². The van der Waals surface area contributed by atoms with Gasteiger partial charge >= 0.3 is 0 Å². The van der Waals surface area contributed by atoms with Crippen LogP contribution in [-0.2, 0) is 0 Å². The Bertz CT molecular complexity index is 297. The molecule has 0 spiro atoms. The molecule has 1 aromatic carbocycles. The lowest BCUT2D eigenvalue weighted by Gasteiger charge is -2.08. The summed E-state index contributed by atoms with van der Waals surface area (Å²) in [6.45, 7) is 1.41. The second-order valence-electron chi connectivity index (χ2n) is 2.51. The third-order valence-corrected chi connectivity index (χ3v) is 1.58. The number of hydrogen-bond acceptors (Lipinski definition) is 3. The minimum absolute atomic E-state index is 0.105. The van der Waals surface area contributed by atoms with Gasteiger partial charge in [-0.2, -0.15) is 0 Å². The molecule has 1 atom stereocenters. The van der Waals surface area contributed by atoms with E-state index in [0.29, 0.717) is 0 Å². The van der Waals surface area contributed by atoms with Gasteiger partial charge in [-0.25, -0.2) is 4.39 Å². The number of aliphatic hydroxyl groups is 1. The molecule has 0 aliphatic rings. The maximum atomic E-state index is 12.5. The van der Waals surface area contributed by atoms with Gasteiger partial charge in [-0.05, 0) is 19.1 Å². The minimum Gasteiger partial charge on any atom is -0.504 e.